The minimum absolute atomic E-state index is 0.0497. The summed E-state index contributed by atoms with van der Waals surface area (Å²) in [6, 6.07) is 6.08. The van der Waals surface area contributed by atoms with Gasteiger partial charge in [0.2, 0.25) is 11.8 Å². The van der Waals surface area contributed by atoms with Crippen molar-refractivity contribution in [2.75, 3.05) is 37.6 Å². The predicted octanol–water partition coefficient (Wildman–Crippen LogP) is 3.78. The van der Waals surface area contributed by atoms with E-state index in [4.69, 9.17) is 0 Å². The SMILES string of the molecule is CC(=O)N(c1nc(/C=C/C(=O)N2CCN(CC(C)C)CC2)cs1)c1ccccc1F. The van der Waals surface area contributed by atoms with Gasteiger partial charge in [0.05, 0.1) is 11.4 Å². The molecule has 1 saturated heterocycles. The molecule has 1 fully saturated rings. The minimum atomic E-state index is -0.494. The third-order valence-electron chi connectivity index (χ3n) is 4.81. The Bertz CT molecular complexity index is 919. The highest BCUT2D eigenvalue weighted by atomic mass is 32.1. The second-order valence-electron chi connectivity index (χ2n) is 7.71. The first-order valence-electron chi connectivity index (χ1n) is 10.0. The number of amides is 2. The van der Waals surface area contributed by atoms with Crippen molar-refractivity contribution in [3.63, 3.8) is 0 Å². The number of aromatic nitrogens is 1. The first-order chi connectivity index (χ1) is 14.3. The zero-order valence-electron chi connectivity index (χ0n) is 17.5. The average molecular weight is 431 g/mol. The van der Waals surface area contributed by atoms with E-state index in [9.17, 15) is 14.0 Å². The van der Waals surface area contributed by atoms with E-state index >= 15 is 0 Å². The molecule has 2 heterocycles. The maximum atomic E-state index is 14.2. The summed E-state index contributed by atoms with van der Waals surface area (Å²) in [5.41, 5.74) is 0.717. The largest absolute Gasteiger partial charge is 0.337 e. The van der Waals surface area contributed by atoms with Gasteiger partial charge < -0.3 is 4.90 Å². The number of hydrogen-bond acceptors (Lipinski definition) is 5. The summed E-state index contributed by atoms with van der Waals surface area (Å²) in [6.07, 6.45) is 3.15. The summed E-state index contributed by atoms with van der Waals surface area (Å²) < 4.78 is 14.2. The lowest BCUT2D eigenvalue weighted by Gasteiger charge is -2.35. The summed E-state index contributed by atoms with van der Waals surface area (Å²) in [7, 11) is 0. The Hall–Kier alpha value is -2.58. The van der Waals surface area contributed by atoms with E-state index in [0.717, 1.165) is 19.6 Å². The summed E-state index contributed by atoms with van der Waals surface area (Å²) in [4.78, 5) is 34.5. The number of carbonyl (C=O) groups excluding carboxylic acids is 2. The van der Waals surface area contributed by atoms with Crippen molar-refractivity contribution in [3.05, 3.63) is 47.2 Å². The predicted molar refractivity (Wildman–Crippen MR) is 118 cm³/mol. The van der Waals surface area contributed by atoms with Crippen molar-refractivity contribution in [2.45, 2.75) is 20.8 Å². The van der Waals surface area contributed by atoms with Crippen LogP contribution in [0.4, 0.5) is 15.2 Å². The quantitative estimate of drug-likeness (QED) is 0.655. The molecule has 1 aromatic carbocycles. The Morgan fingerprint density at radius 3 is 2.57 bits per heavy atom. The van der Waals surface area contributed by atoms with E-state index in [-0.39, 0.29) is 17.5 Å². The van der Waals surface area contributed by atoms with Gasteiger partial charge in [-0.15, -0.1) is 11.3 Å². The Morgan fingerprint density at radius 2 is 1.93 bits per heavy atom. The van der Waals surface area contributed by atoms with Gasteiger partial charge in [-0.25, -0.2) is 9.37 Å². The molecule has 0 atom stereocenters. The molecule has 0 radical (unpaired) electrons. The fourth-order valence-corrected chi connectivity index (χ4v) is 4.27. The van der Waals surface area contributed by atoms with Crippen LogP contribution in [-0.4, -0.2) is 59.3 Å². The fraction of sp³-hybridized carbons (Fsp3) is 0.409. The molecule has 6 nitrogen and oxygen atoms in total. The summed E-state index contributed by atoms with van der Waals surface area (Å²) >= 11 is 1.23. The minimum Gasteiger partial charge on any atom is -0.337 e. The lowest BCUT2D eigenvalue weighted by Crippen LogP contribution is -2.49. The van der Waals surface area contributed by atoms with Crippen molar-refractivity contribution < 1.29 is 14.0 Å². The molecule has 1 aliphatic heterocycles. The number of rotatable bonds is 6. The van der Waals surface area contributed by atoms with Gasteiger partial charge in [0.1, 0.15) is 5.82 Å². The summed E-state index contributed by atoms with van der Waals surface area (Å²) in [6.45, 7) is 10.0. The highest BCUT2D eigenvalue weighted by Gasteiger charge is 2.22. The molecule has 2 amide bonds. The van der Waals surface area contributed by atoms with Crippen molar-refractivity contribution in [1.29, 1.82) is 0 Å². The number of hydrogen-bond donors (Lipinski definition) is 0. The van der Waals surface area contributed by atoms with Crippen molar-refractivity contribution in [3.8, 4) is 0 Å². The van der Waals surface area contributed by atoms with Gasteiger partial charge in [-0.1, -0.05) is 26.0 Å². The van der Waals surface area contributed by atoms with Gasteiger partial charge in [0.25, 0.3) is 0 Å². The topological polar surface area (TPSA) is 56.8 Å². The van der Waals surface area contributed by atoms with Gasteiger partial charge in [0.15, 0.2) is 5.13 Å². The monoisotopic (exact) mass is 430 g/mol. The molecule has 1 aliphatic rings. The highest BCUT2D eigenvalue weighted by molar-refractivity contribution is 7.14. The third kappa shape index (κ3) is 5.52. The van der Waals surface area contributed by atoms with Crippen LogP contribution in [0.3, 0.4) is 0 Å². The molecule has 0 N–H and O–H groups in total. The molecule has 0 saturated carbocycles. The average Bonchev–Trinajstić information content (AvgIpc) is 3.16. The second-order valence-corrected chi connectivity index (χ2v) is 8.55. The standard InChI is InChI=1S/C22H27FN4O2S/c1-16(2)14-25-10-12-26(13-11-25)21(29)9-8-18-15-30-22(24-18)27(17(3)28)20-7-5-4-6-19(20)23/h4-9,15-16H,10-14H2,1-3H3/b9-8+. The van der Waals surface area contributed by atoms with Crippen LogP contribution < -0.4 is 4.90 Å². The molecule has 1 aromatic heterocycles. The lowest BCUT2D eigenvalue weighted by atomic mass is 10.2. The number of anilines is 2. The number of nitrogens with zero attached hydrogens (tertiary/aromatic N) is 4. The Labute approximate surface area is 180 Å². The Morgan fingerprint density at radius 1 is 1.23 bits per heavy atom. The van der Waals surface area contributed by atoms with Crippen LogP contribution in [0.1, 0.15) is 26.5 Å². The van der Waals surface area contributed by atoms with Gasteiger partial charge in [-0.3, -0.25) is 19.4 Å². The lowest BCUT2D eigenvalue weighted by molar-refractivity contribution is -0.127. The molecule has 0 aliphatic carbocycles. The second kappa shape index (κ2) is 9.95. The van der Waals surface area contributed by atoms with Crippen LogP contribution in [0.15, 0.2) is 35.7 Å². The Kier molecular flexibility index (Phi) is 7.33. The first-order valence-corrected chi connectivity index (χ1v) is 10.9. The summed E-state index contributed by atoms with van der Waals surface area (Å²) in [5, 5.41) is 2.11. The van der Waals surface area contributed by atoms with E-state index < -0.39 is 5.82 Å². The zero-order chi connectivity index (χ0) is 21.7. The number of benzene rings is 1. The molecule has 2 aromatic rings. The molecule has 0 spiro atoms. The highest BCUT2D eigenvalue weighted by Crippen LogP contribution is 2.31. The van der Waals surface area contributed by atoms with Gasteiger partial charge in [-0.05, 0) is 24.1 Å². The van der Waals surface area contributed by atoms with Crippen LogP contribution in [0.25, 0.3) is 6.08 Å². The summed E-state index contributed by atoms with van der Waals surface area (Å²) in [5.74, 6) is -0.261. The fourth-order valence-electron chi connectivity index (χ4n) is 3.43. The Balaban J connectivity index is 1.65. The molecule has 8 heteroatoms. The molecule has 0 unspecified atom stereocenters. The zero-order valence-corrected chi connectivity index (χ0v) is 18.4. The molecular weight excluding hydrogens is 403 g/mol. The molecule has 3 rings (SSSR count). The third-order valence-corrected chi connectivity index (χ3v) is 5.66. The van der Waals surface area contributed by atoms with Crippen LogP contribution in [0, 0.1) is 11.7 Å². The molecular formula is C22H27FN4O2S. The normalized spacial score (nSPS) is 15.2. The maximum Gasteiger partial charge on any atom is 0.246 e. The first kappa shape index (κ1) is 22.1. The van der Waals surface area contributed by atoms with Crippen LogP contribution in [0.5, 0.6) is 0 Å². The van der Waals surface area contributed by atoms with Crippen molar-refractivity contribution >= 4 is 40.0 Å². The van der Waals surface area contributed by atoms with Gasteiger partial charge in [-0.2, -0.15) is 0 Å². The van der Waals surface area contributed by atoms with E-state index in [0.29, 0.717) is 29.8 Å². The molecule has 160 valence electrons. The number of halogens is 1. The molecule has 30 heavy (non-hydrogen) atoms. The van der Waals surface area contributed by atoms with Crippen LogP contribution in [-0.2, 0) is 9.59 Å². The number of thiazole rings is 1. The number of piperazine rings is 1. The smallest absolute Gasteiger partial charge is 0.246 e. The van der Waals surface area contributed by atoms with E-state index in [2.05, 4.69) is 23.7 Å². The van der Waals surface area contributed by atoms with Gasteiger partial charge >= 0.3 is 0 Å². The van der Waals surface area contributed by atoms with E-state index in [1.54, 1.807) is 23.6 Å². The number of carbonyl (C=O) groups is 2. The molecule has 0 bridgehead atoms. The van der Waals surface area contributed by atoms with Gasteiger partial charge in [0, 0.05) is 51.1 Å². The van der Waals surface area contributed by atoms with Crippen molar-refractivity contribution in [1.82, 2.24) is 14.8 Å². The van der Waals surface area contributed by atoms with Crippen LogP contribution >= 0.6 is 11.3 Å². The van der Waals surface area contributed by atoms with Crippen LogP contribution in [0.2, 0.25) is 0 Å². The van der Waals surface area contributed by atoms with Crippen molar-refractivity contribution in [2.24, 2.45) is 5.92 Å². The van der Waals surface area contributed by atoms with E-state index in [1.165, 1.54) is 41.4 Å². The maximum absolute atomic E-state index is 14.2. The number of para-hydroxylation sites is 1. The van der Waals surface area contributed by atoms with E-state index in [1.807, 2.05) is 4.90 Å².